The first kappa shape index (κ1) is 15.8. The van der Waals surface area contributed by atoms with Crippen LogP contribution in [0, 0.1) is 0 Å². The Morgan fingerprint density at radius 1 is 1.00 bits per heavy atom. The quantitative estimate of drug-likeness (QED) is 0.473. The third kappa shape index (κ3) is 9.06. The summed E-state index contributed by atoms with van der Waals surface area (Å²) in [4.78, 5) is 4.22. The Hall–Kier alpha value is -0.200. The fourth-order valence-electron chi connectivity index (χ4n) is 1.65. The molecule has 0 fully saturated rings. The molecule has 0 aliphatic heterocycles. The van der Waals surface area contributed by atoms with E-state index >= 15 is 0 Å². The van der Waals surface area contributed by atoms with Crippen LogP contribution in [0.3, 0.4) is 0 Å². The summed E-state index contributed by atoms with van der Waals surface area (Å²) in [5, 5.41) is 18.7. The SMILES string of the molecule is CC(O)CN(CCN(C)CCN)CC(C)O. The summed E-state index contributed by atoms with van der Waals surface area (Å²) in [5.41, 5.74) is 5.46. The van der Waals surface area contributed by atoms with Gasteiger partial charge >= 0.3 is 0 Å². The smallest absolute Gasteiger partial charge is 0.0639 e. The van der Waals surface area contributed by atoms with E-state index in [1.807, 2.05) is 7.05 Å². The van der Waals surface area contributed by atoms with Crippen molar-refractivity contribution in [2.45, 2.75) is 26.1 Å². The van der Waals surface area contributed by atoms with Gasteiger partial charge in [-0.2, -0.15) is 0 Å². The lowest BCUT2D eigenvalue weighted by Crippen LogP contribution is -2.41. The van der Waals surface area contributed by atoms with Crippen LogP contribution in [0.15, 0.2) is 0 Å². The fourth-order valence-corrected chi connectivity index (χ4v) is 1.65. The van der Waals surface area contributed by atoms with Crippen molar-refractivity contribution >= 4 is 0 Å². The van der Waals surface area contributed by atoms with Crippen molar-refractivity contribution in [3.63, 3.8) is 0 Å². The molecule has 0 aromatic rings. The second-order valence-electron chi connectivity index (χ2n) is 4.55. The number of likely N-dealkylation sites (N-methyl/N-ethyl adjacent to an activating group) is 1. The first-order valence-electron chi connectivity index (χ1n) is 5.92. The molecule has 2 unspecified atom stereocenters. The van der Waals surface area contributed by atoms with Crippen LogP contribution in [0.5, 0.6) is 0 Å². The van der Waals surface area contributed by atoms with Crippen LogP contribution < -0.4 is 5.73 Å². The molecule has 0 bridgehead atoms. The van der Waals surface area contributed by atoms with Crippen LogP contribution in [0.25, 0.3) is 0 Å². The van der Waals surface area contributed by atoms with Gasteiger partial charge in [0.05, 0.1) is 12.2 Å². The van der Waals surface area contributed by atoms with Gasteiger partial charge in [0.15, 0.2) is 0 Å². The molecule has 5 nitrogen and oxygen atoms in total. The zero-order valence-corrected chi connectivity index (χ0v) is 10.8. The Morgan fingerprint density at radius 3 is 1.88 bits per heavy atom. The highest BCUT2D eigenvalue weighted by Gasteiger charge is 2.11. The zero-order chi connectivity index (χ0) is 12.6. The third-order valence-electron chi connectivity index (χ3n) is 2.35. The average molecular weight is 233 g/mol. The maximum absolute atomic E-state index is 9.35. The Balaban J connectivity index is 3.90. The van der Waals surface area contributed by atoms with Gasteiger partial charge in [-0.1, -0.05) is 0 Å². The first-order valence-corrected chi connectivity index (χ1v) is 5.92. The predicted molar refractivity (Wildman–Crippen MR) is 66.4 cm³/mol. The molecule has 0 saturated heterocycles. The normalized spacial score (nSPS) is 15.8. The van der Waals surface area contributed by atoms with E-state index in [4.69, 9.17) is 5.73 Å². The van der Waals surface area contributed by atoms with Gasteiger partial charge in [-0.05, 0) is 20.9 Å². The summed E-state index contributed by atoms with van der Waals surface area (Å²) in [6.07, 6.45) is -0.725. The number of aliphatic hydroxyl groups is 2. The van der Waals surface area contributed by atoms with Crippen LogP contribution >= 0.6 is 0 Å². The molecule has 98 valence electrons. The highest BCUT2D eigenvalue weighted by molar-refractivity contribution is 4.66. The molecule has 0 heterocycles. The molecule has 0 aliphatic carbocycles. The largest absolute Gasteiger partial charge is 0.392 e. The molecule has 0 aliphatic rings. The molecule has 0 saturated carbocycles. The van der Waals surface area contributed by atoms with E-state index in [-0.39, 0.29) is 12.2 Å². The minimum atomic E-state index is -0.362. The second kappa shape index (κ2) is 8.90. The minimum Gasteiger partial charge on any atom is -0.392 e. The van der Waals surface area contributed by atoms with E-state index in [9.17, 15) is 10.2 Å². The van der Waals surface area contributed by atoms with Crippen molar-refractivity contribution in [3.05, 3.63) is 0 Å². The Labute approximate surface area is 98.8 Å². The summed E-state index contributed by atoms with van der Waals surface area (Å²) in [6.45, 7) is 7.99. The zero-order valence-electron chi connectivity index (χ0n) is 10.8. The lowest BCUT2D eigenvalue weighted by atomic mass is 10.3. The third-order valence-corrected chi connectivity index (χ3v) is 2.35. The molecule has 0 aromatic carbocycles. The molecule has 16 heavy (non-hydrogen) atoms. The van der Waals surface area contributed by atoms with Crippen LogP contribution in [-0.2, 0) is 0 Å². The molecule has 0 amide bonds. The summed E-state index contributed by atoms with van der Waals surface area (Å²) in [6, 6.07) is 0. The van der Waals surface area contributed by atoms with Gasteiger partial charge < -0.3 is 20.8 Å². The lowest BCUT2D eigenvalue weighted by Gasteiger charge is -2.27. The summed E-state index contributed by atoms with van der Waals surface area (Å²) in [7, 11) is 2.02. The number of hydrogen-bond acceptors (Lipinski definition) is 5. The van der Waals surface area contributed by atoms with Crippen LogP contribution in [-0.4, -0.2) is 78.5 Å². The molecule has 0 rings (SSSR count). The van der Waals surface area contributed by atoms with Crippen molar-refractivity contribution in [2.24, 2.45) is 5.73 Å². The topological polar surface area (TPSA) is 73.0 Å². The van der Waals surface area contributed by atoms with E-state index in [1.165, 1.54) is 0 Å². The monoisotopic (exact) mass is 233 g/mol. The van der Waals surface area contributed by atoms with Crippen molar-refractivity contribution in [1.82, 2.24) is 9.80 Å². The van der Waals surface area contributed by atoms with Crippen LogP contribution in [0.4, 0.5) is 0 Å². The van der Waals surface area contributed by atoms with Gasteiger partial charge in [0, 0.05) is 39.3 Å². The van der Waals surface area contributed by atoms with Gasteiger partial charge in [-0.3, -0.25) is 4.90 Å². The predicted octanol–water partition coefficient (Wildman–Crippen LogP) is -1.06. The van der Waals surface area contributed by atoms with Crippen molar-refractivity contribution in [1.29, 1.82) is 0 Å². The second-order valence-corrected chi connectivity index (χ2v) is 4.55. The molecule has 0 spiro atoms. The Kier molecular flexibility index (Phi) is 8.78. The molecular formula is C11H27N3O2. The average Bonchev–Trinajstić information content (AvgIpc) is 2.13. The first-order chi connectivity index (χ1) is 7.45. The maximum atomic E-state index is 9.35. The van der Waals surface area contributed by atoms with Crippen molar-refractivity contribution in [3.8, 4) is 0 Å². The van der Waals surface area contributed by atoms with Crippen LogP contribution in [0.2, 0.25) is 0 Å². The number of nitrogens with two attached hydrogens (primary N) is 1. The highest BCUT2D eigenvalue weighted by Crippen LogP contribution is 1.96. The van der Waals surface area contributed by atoms with Gasteiger partial charge in [-0.25, -0.2) is 0 Å². The summed E-state index contributed by atoms with van der Waals surface area (Å²) >= 11 is 0. The minimum absolute atomic E-state index is 0.362. The molecule has 4 N–H and O–H groups in total. The van der Waals surface area contributed by atoms with Gasteiger partial charge in [0.25, 0.3) is 0 Å². The highest BCUT2D eigenvalue weighted by atomic mass is 16.3. The summed E-state index contributed by atoms with van der Waals surface area (Å²) < 4.78 is 0. The van der Waals surface area contributed by atoms with E-state index in [2.05, 4.69) is 9.80 Å². The summed E-state index contributed by atoms with van der Waals surface area (Å²) in [5.74, 6) is 0. The van der Waals surface area contributed by atoms with E-state index in [0.717, 1.165) is 19.6 Å². The van der Waals surface area contributed by atoms with Gasteiger partial charge in [0.1, 0.15) is 0 Å². The lowest BCUT2D eigenvalue weighted by molar-refractivity contribution is 0.0783. The molecule has 2 atom stereocenters. The number of hydrogen-bond donors (Lipinski definition) is 3. The van der Waals surface area contributed by atoms with E-state index < -0.39 is 0 Å². The molecule has 5 heteroatoms. The Morgan fingerprint density at radius 2 is 1.50 bits per heavy atom. The number of aliphatic hydroxyl groups excluding tert-OH is 2. The van der Waals surface area contributed by atoms with Gasteiger partial charge in [0.2, 0.25) is 0 Å². The number of rotatable bonds is 9. The van der Waals surface area contributed by atoms with Crippen molar-refractivity contribution in [2.75, 3.05) is 46.3 Å². The van der Waals surface area contributed by atoms with Gasteiger partial charge in [-0.15, -0.1) is 0 Å². The van der Waals surface area contributed by atoms with Crippen molar-refractivity contribution < 1.29 is 10.2 Å². The standard InChI is InChI=1S/C11H27N3O2/c1-10(15)8-14(9-11(2)16)7-6-13(3)5-4-12/h10-11,15-16H,4-9,12H2,1-3H3. The molecule has 0 radical (unpaired) electrons. The maximum Gasteiger partial charge on any atom is 0.0639 e. The molecular weight excluding hydrogens is 206 g/mol. The molecule has 0 aromatic heterocycles. The fraction of sp³-hybridized carbons (Fsp3) is 1.00. The Bertz CT molecular complexity index is 155. The van der Waals surface area contributed by atoms with E-state index in [0.29, 0.717) is 19.6 Å². The number of nitrogens with zero attached hydrogens (tertiary/aromatic N) is 2. The van der Waals surface area contributed by atoms with Crippen LogP contribution in [0.1, 0.15) is 13.8 Å². The van der Waals surface area contributed by atoms with E-state index in [1.54, 1.807) is 13.8 Å².